The Morgan fingerprint density at radius 1 is 1.25 bits per heavy atom. The zero-order valence-electron chi connectivity index (χ0n) is 10.6. The van der Waals surface area contributed by atoms with E-state index < -0.39 is 7.12 Å². The highest BCUT2D eigenvalue weighted by molar-refractivity contribution is 6.51. The van der Waals surface area contributed by atoms with E-state index in [0.29, 0.717) is 0 Å². The van der Waals surface area contributed by atoms with Crippen molar-refractivity contribution in [1.82, 2.24) is 0 Å². The van der Waals surface area contributed by atoms with Crippen LogP contribution in [0.4, 0.5) is 0 Å². The van der Waals surface area contributed by atoms with E-state index in [-0.39, 0.29) is 23.6 Å². The fourth-order valence-electron chi connectivity index (χ4n) is 1.33. The van der Waals surface area contributed by atoms with Crippen LogP contribution in [0.15, 0.2) is 12.1 Å². The first-order valence-corrected chi connectivity index (χ1v) is 5.37. The van der Waals surface area contributed by atoms with E-state index in [4.69, 9.17) is 9.31 Å². The van der Waals surface area contributed by atoms with Crippen molar-refractivity contribution in [3.8, 4) is 0 Å². The highest BCUT2D eigenvalue weighted by atomic mass is 16.7. The molecule has 5 heteroatoms. The molecule has 0 saturated carbocycles. The SMILES string of the molecule is COC(=O)CC=CB1OC(C)(C)C(C)(C)O1. The van der Waals surface area contributed by atoms with Crippen LogP contribution in [-0.4, -0.2) is 31.4 Å². The Kier molecular flexibility index (Phi) is 3.81. The first-order chi connectivity index (χ1) is 7.28. The molecule has 4 nitrogen and oxygen atoms in total. The van der Waals surface area contributed by atoms with Crippen LogP contribution in [0.25, 0.3) is 0 Å². The number of carbonyl (C=O) groups is 1. The van der Waals surface area contributed by atoms with Crippen molar-refractivity contribution in [3.05, 3.63) is 12.1 Å². The maximum absolute atomic E-state index is 10.9. The van der Waals surface area contributed by atoms with E-state index in [1.807, 2.05) is 27.7 Å². The van der Waals surface area contributed by atoms with Crippen LogP contribution in [0.1, 0.15) is 34.1 Å². The van der Waals surface area contributed by atoms with Gasteiger partial charge in [-0.1, -0.05) is 12.1 Å². The predicted molar refractivity (Wildman–Crippen MR) is 61.9 cm³/mol. The van der Waals surface area contributed by atoms with Crippen LogP contribution in [0.5, 0.6) is 0 Å². The molecule has 0 aromatic carbocycles. The van der Waals surface area contributed by atoms with Crippen molar-refractivity contribution in [2.45, 2.75) is 45.3 Å². The molecule has 0 aromatic heterocycles. The van der Waals surface area contributed by atoms with Gasteiger partial charge in [-0.2, -0.15) is 0 Å². The van der Waals surface area contributed by atoms with E-state index in [1.54, 1.807) is 12.1 Å². The molecular formula is C11H19BO4. The summed E-state index contributed by atoms with van der Waals surface area (Å²) in [5.41, 5.74) is -0.680. The van der Waals surface area contributed by atoms with Crippen molar-refractivity contribution in [3.63, 3.8) is 0 Å². The number of esters is 1. The minimum Gasteiger partial charge on any atom is -0.469 e. The van der Waals surface area contributed by atoms with Crippen LogP contribution >= 0.6 is 0 Å². The second-order valence-electron chi connectivity index (χ2n) is 4.83. The van der Waals surface area contributed by atoms with Gasteiger partial charge in [0.1, 0.15) is 0 Å². The molecule has 1 aliphatic rings. The molecule has 90 valence electrons. The molecule has 0 atom stereocenters. The van der Waals surface area contributed by atoms with E-state index in [2.05, 4.69) is 4.74 Å². The number of ether oxygens (including phenoxy) is 1. The first kappa shape index (κ1) is 13.3. The van der Waals surface area contributed by atoms with Crippen molar-refractivity contribution < 1.29 is 18.8 Å². The molecule has 0 N–H and O–H groups in total. The van der Waals surface area contributed by atoms with Crippen molar-refractivity contribution in [1.29, 1.82) is 0 Å². The summed E-state index contributed by atoms with van der Waals surface area (Å²) in [6, 6.07) is 0. The summed E-state index contributed by atoms with van der Waals surface area (Å²) < 4.78 is 16.0. The monoisotopic (exact) mass is 226 g/mol. The van der Waals surface area contributed by atoms with Gasteiger partial charge in [-0.05, 0) is 27.7 Å². The average Bonchev–Trinajstić information content (AvgIpc) is 2.35. The quantitative estimate of drug-likeness (QED) is 0.543. The van der Waals surface area contributed by atoms with Gasteiger partial charge in [0.25, 0.3) is 0 Å². The molecule has 16 heavy (non-hydrogen) atoms. The Bertz CT molecular complexity index is 280. The van der Waals surface area contributed by atoms with Crippen LogP contribution in [0, 0.1) is 0 Å². The van der Waals surface area contributed by atoms with Gasteiger partial charge in [0.15, 0.2) is 0 Å². The summed E-state index contributed by atoms with van der Waals surface area (Å²) in [5.74, 6) is 1.47. The molecule has 1 fully saturated rings. The lowest BCUT2D eigenvalue weighted by molar-refractivity contribution is -0.139. The number of hydrogen-bond acceptors (Lipinski definition) is 4. The zero-order chi connectivity index (χ0) is 12.4. The Balaban J connectivity index is 2.51. The molecule has 0 unspecified atom stereocenters. The van der Waals surface area contributed by atoms with Gasteiger partial charge >= 0.3 is 13.1 Å². The van der Waals surface area contributed by atoms with Crippen LogP contribution in [0.3, 0.4) is 0 Å². The number of hydrogen-bond donors (Lipinski definition) is 0. The minimum absolute atomic E-state index is 0.237. The molecule has 1 rings (SSSR count). The fraction of sp³-hybridized carbons (Fsp3) is 0.727. The Morgan fingerprint density at radius 3 is 2.19 bits per heavy atom. The first-order valence-electron chi connectivity index (χ1n) is 5.37. The van der Waals surface area contributed by atoms with Crippen molar-refractivity contribution >= 4 is 13.1 Å². The van der Waals surface area contributed by atoms with Gasteiger partial charge in [-0.3, -0.25) is 4.79 Å². The van der Waals surface area contributed by atoms with Gasteiger partial charge in [0, 0.05) is 0 Å². The molecule has 1 aliphatic heterocycles. The van der Waals surface area contributed by atoms with E-state index in [9.17, 15) is 4.79 Å². The lowest BCUT2D eigenvalue weighted by Crippen LogP contribution is -2.41. The summed E-state index contributed by atoms with van der Waals surface area (Å²) >= 11 is 0. The Hall–Kier alpha value is -0.805. The predicted octanol–water partition coefficient (Wildman–Crippen LogP) is 1.74. The molecule has 0 aromatic rings. The van der Waals surface area contributed by atoms with Crippen molar-refractivity contribution in [2.75, 3.05) is 7.11 Å². The summed E-state index contributed by atoms with van der Waals surface area (Å²) in [6.45, 7) is 7.95. The maximum Gasteiger partial charge on any atom is 0.486 e. The summed E-state index contributed by atoms with van der Waals surface area (Å²) in [4.78, 5) is 10.9. The van der Waals surface area contributed by atoms with Crippen LogP contribution in [0.2, 0.25) is 0 Å². The maximum atomic E-state index is 10.9. The third-order valence-corrected chi connectivity index (χ3v) is 3.08. The molecule has 0 spiro atoms. The van der Waals surface area contributed by atoms with E-state index in [0.717, 1.165) is 0 Å². The summed E-state index contributed by atoms with van der Waals surface area (Å²) in [5, 5.41) is 0. The Morgan fingerprint density at radius 2 is 1.75 bits per heavy atom. The third kappa shape index (κ3) is 2.86. The van der Waals surface area contributed by atoms with Crippen molar-refractivity contribution in [2.24, 2.45) is 0 Å². The fourth-order valence-corrected chi connectivity index (χ4v) is 1.33. The molecule has 1 saturated heterocycles. The van der Waals surface area contributed by atoms with Gasteiger partial charge in [0.2, 0.25) is 0 Å². The zero-order valence-corrected chi connectivity index (χ0v) is 10.6. The Labute approximate surface area is 97.1 Å². The average molecular weight is 226 g/mol. The van der Waals surface area contributed by atoms with E-state index >= 15 is 0 Å². The molecule has 0 aliphatic carbocycles. The highest BCUT2D eigenvalue weighted by Gasteiger charge is 2.49. The van der Waals surface area contributed by atoms with Gasteiger partial charge in [0.05, 0.1) is 24.7 Å². The van der Waals surface area contributed by atoms with Crippen LogP contribution < -0.4 is 0 Å². The summed E-state index contributed by atoms with van der Waals surface area (Å²) in [7, 11) is 0.972. The largest absolute Gasteiger partial charge is 0.486 e. The molecular weight excluding hydrogens is 207 g/mol. The topological polar surface area (TPSA) is 44.8 Å². The number of rotatable bonds is 3. The highest BCUT2D eigenvalue weighted by Crippen LogP contribution is 2.36. The normalized spacial score (nSPS) is 22.7. The molecule has 1 heterocycles. The molecule has 0 bridgehead atoms. The van der Waals surface area contributed by atoms with Gasteiger partial charge in [-0.25, -0.2) is 0 Å². The molecule has 0 radical (unpaired) electrons. The summed E-state index contributed by atoms with van der Waals surface area (Å²) in [6.07, 6.45) is 1.94. The lowest BCUT2D eigenvalue weighted by Gasteiger charge is -2.32. The third-order valence-electron chi connectivity index (χ3n) is 3.08. The van der Waals surface area contributed by atoms with Crippen LogP contribution in [-0.2, 0) is 18.8 Å². The lowest BCUT2D eigenvalue weighted by atomic mass is 9.90. The second kappa shape index (κ2) is 4.59. The number of carbonyl (C=O) groups excluding carboxylic acids is 1. The number of methoxy groups -OCH3 is 1. The van der Waals surface area contributed by atoms with Gasteiger partial charge in [-0.15, -0.1) is 0 Å². The standard InChI is InChI=1S/C11H19BO4/c1-10(2)11(3,4)16-12(15-10)8-6-7-9(13)14-5/h6,8H,7H2,1-5H3. The molecule has 0 amide bonds. The second-order valence-corrected chi connectivity index (χ2v) is 4.83. The smallest absolute Gasteiger partial charge is 0.469 e. The minimum atomic E-state index is -0.394. The van der Waals surface area contributed by atoms with E-state index in [1.165, 1.54) is 7.11 Å². The van der Waals surface area contributed by atoms with Gasteiger partial charge < -0.3 is 14.0 Å².